The highest BCUT2D eigenvalue weighted by molar-refractivity contribution is 7.98. The van der Waals surface area contributed by atoms with E-state index in [0.717, 1.165) is 5.75 Å². The topological polar surface area (TPSA) is 53.4 Å². The summed E-state index contributed by atoms with van der Waals surface area (Å²) < 4.78 is 0. The zero-order valence-electron chi connectivity index (χ0n) is 9.98. The molecular formula is C11H15ClN2O2S. The molecule has 1 N–H and O–H groups in total. The molecule has 0 spiro atoms. The minimum atomic E-state index is -1.04. The molecule has 1 aromatic rings. The predicted molar refractivity (Wildman–Crippen MR) is 72.5 cm³/mol. The number of hydrogen-bond acceptors (Lipinski definition) is 4. The van der Waals surface area contributed by atoms with Gasteiger partial charge >= 0.3 is 5.97 Å². The SMILES string of the molecule is CSCC(C)N(C)c1cc(C(=O)O)c(Cl)cn1. The van der Waals surface area contributed by atoms with Crippen molar-refractivity contribution in [3.63, 3.8) is 0 Å². The van der Waals surface area contributed by atoms with E-state index >= 15 is 0 Å². The molecule has 0 radical (unpaired) electrons. The Morgan fingerprint density at radius 1 is 1.71 bits per heavy atom. The number of nitrogens with zero attached hydrogens (tertiary/aromatic N) is 2. The van der Waals surface area contributed by atoms with E-state index in [2.05, 4.69) is 11.9 Å². The summed E-state index contributed by atoms with van der Waals surface area (Å²) in [6.07, 6.45) is 3.41. The van der Waals surface area contributed by atoms with Crippen molar-refractivity contribution in [1.82, 2.24) is 4.98 Å². The van der Waals surface area contributed by atoms with Crippen molar-refractivity contribution in [3.8, 4) is 0 Å². The number of carboxylic acids is 1. The molecule has 0 fully saturated rings. The second-order valence-electron chi connectivity index (χ2n) is 3.74. The summed E-state index contributed by atoms with van der Waals surface area (Å²) in [4.78, 5) is 17.0. The molecule has 1 heterocycles. The van der Waals surface area contributed by atoms with Crippen LogP contribution in [0, 0.1) is 0 Å². The molecule has 1 aromatic heterocycles. The molecule has 17 heavy (non-hydrogen) atoms. The van der Waals surface area contributed by atoms with Crippen molar-refractivity contribution in [3.05, 3.63) is 22.8 Å². The Hall–Kier alpha value is -0.940. The first-order valence-electron chi connectivity index (χ1n) is 5.08. The summed E-state index contributed by atoms with van der Waals surface area (Å²) in [5.74, 6) is 0.529. The van der Waals surface area contributed by atoms with Crippen LogP contribution in [0.25, 0.3) is 0 Å². The van der Waals surface area contributed by atoms with E-state index in [-0.39, 0.29) is 16.6 Å². The Labute approximate surface area is 110 Å². The highest BCUT2D eigenvalue weighted by atomic mass is 35.5. The average Bonchev–Trinajstić information content (AvgIpc) is 2.28. The van der Waals surface area contributed by atoms with E-state index in [1.165, 1.54) is 12.3 Å². The maximum Gasteiger partial charge on any atom is 0.337 e. The quantitative estimate of drug-likeness (QED) is 0.894. The average molecular weight is 275 g/mol. The third-order valence-corrected chi connectivity index (χ3v) is 3.62. The fourth-order valence-electron chi connectivity index (χ4n) is 1.36. The van der Waals surface area contributed by atoms with Gasteiger partial charge in [0.2, 0.25) is 0 Å². The Kier molecular flexibility index (Phi) is 5.08. The molecule has 0 bridgehead atoms. The van der Waals surface area contributed by atoms with Gasteiger partial charge in [0.25, 0.3) is 0 Å². The minimum Gasteiger partial charge on any atom is -0.478 e. The van der Waals surface area contributed by atoms with Gasteiger partial charge in [0.15, 0.2) is 0 Å². The van der Waals surface area contributed by atoms with E-state index < -0.39 is 5.97 Å². The van der Waals surface area contributed by atoms with Crippen LogP contribution < -0.4 is 4.90 Å². The number of aromatic nitrogens is 1. The highest BCUT2D eigenvalue weighted by Crippen LogP contribution is 2.21. The van der Waals surface area contributed by atoms with E-state index in [1.807, 2.05) is 18.2 Å². The van der Waals surface area contributed by atoms with E-state index in [0.29, 0.717) is 5.82 Å². The molecule has 0 aliphatic carbocycles. The van der Waals surface area contributed by atoms with E-state index in [1.54, 1.807) is 11.8 Å². The van der Waals surface area contributed by atoms with Gasteiger partial charge < -0.3 is 10.0 Å². The standard InChI is InChI=1S/C11H15ClN2O2S/c1-7(6-17-3)14(2)10-4-8(11(15)16)9(12)5-13-10/h4-5,7H,6H2,1-3H3,(H,15,16). The van der Waals surface area contributed by atoms with Crippen LogP contribution in [-0.2, 0) is 0 Å². The van der Waals surface area contributed by atoms with Crippen molar-refractivity contribution in [2.45, 2.75) is 13.0 Å². The molecule has 4 nitrogen and oxygen atoms in total. The van der Waals surface area contributed by atoms with Gasteiger partial charge in [-0.05, 0) is 19.2 Å². The molecule has 0 amide bonds. The molecule has 0 aromatic carbocycles. The monoisotopic (exact) mass is 274 g/mol. The van der Waals surface area contributed by atoms with Crippen LogP contribution in [0.1, 0.15) is 17.3 Å². The first-order valence-corrected chi connectivity index (χ1v) is 6.85. The number of aromatic carboxylic acids is 1. The largest absolute Gasteiger partial charge is 0.478 e. The maximum absolute atomic E-state index is 11.0. The van der Waals surface area contributed by atoms with Crippen molar-refractivity contribution in [2.24, 2.45) is 0 Å². The lowest BCUT2D eigenvalue weighted by Gasteiger charge is -2.25. The van der Waals surface area contributed by atoms with Gasteiger partial charge in [0, 0.05) is 25.0 Å². The molecule has 1 unspecified atom stereocenters. The number of rotatable bonds is 5. The van der Waals surface area contributed by atoms with Crippen LogP contribution in [0.3, 0.4) is 0 Å². The number of carboxylic acid groups (broad SMARTS) is 1. The number of thioether (sulfide) groups is 1. The van der Waals surface area contributed by atoms with Crippen LogP contribution in [0.5, 0.6) is 0 Å². The summed E-state index contributed by atoms with van der Waals surface area (Å²) in [5.41, 5.74) is 0.0832. The van der Waals surface area contributed by atoms with Crippen LogP contribution in [0.15, 0.2) is 12.3 Å². The smallest absolute Gasteiger partial charge is 0.337 e. The Balaban J connectivity index is 2.99. The number of anilines is 1. The lowest BCUT2D eigenvalue weighted by molar-refractivity contribution is 0.0697. The summed E-state index contributed by atoms with van der Waals surface area (Å²) in [7, 11) is 1.89. The van der Waals surface area contributed by atoms with Gasteiger partial charge in [-0.2, -0.15) is 11.8 Å². The summed E-state index contributed by atoms with van der Waals surface area (Å²) in [6, 6.07) is 1.78. The highest BCUT2D eigenvalue weighted by Gasteiger charge is 2.15. The Morgan fingerprint density at radius 2 is 2.35 bits per heavy atom. The van der Waals surface area contributed by atoms with Crippen molar-refractivity contribution in [2.75, 3.05) is 24.0 Å². The number of carbonyl (C=O) groups is 1. The lowest BCUT2D eigenvalue weighted by Crippen LogP contribution is -2.31. The van der Waals surface area contributed by atoms with Crippen molar-refractivity contribution >= 4 is 35.1 Å². The molecule has 1 rings (SSSR count). The third kappa shape index (κ3) is 3.51. The fourth-order valence-corrected chi connectivity index (χ4v) is 2.25. The van der Waals surface area contributed by atoms with Crippen molar-refractivity contribution < 1.29 is 9.90 Å². The van der Waals surface area contributed by atoms with Gasteiger partial charge in [0.1, 0.15) is 5.82 Å². The lowest BCUT2D eigenvalue weighted by atomic mass is 10.2. The van der Waals surface area contributed by atoms with Gasteiger partial charge in [-0.25, -0.2) is 9.78 Å². The summed E-state index contributed by atoms with van der Waals surface area (Å²) in [6.45, 7) is 2.06. The Morgan fingerprint density at radius 3 is 2.88 bits per heavy atom. The van der Waals surface area contributed by atoms with E-state index in [9.17, 15) is 4.79 Å². The third-order valence-electron chi connectivity index (χ3n) is 2.50. The van der Waals surface area contributed by atoms with Gasteiger partial charge in [-0.15, -0.1) is 0 Å². The molecular weight excluding hydrogens is 260 g/mol. The second kappa shape index (κ2) is 6.12. The first kappa shape index (κ1) is 14.1. The van der Waals surface area contributed by atoms with Crippen LogP contribution in [-0.4, -0.2) is 41.2 Å². The van der Waals surface area contributed by atoms with Crippen LogP contribution in [0.2, 0.25) is 5.02 Å². The van der Waals surface area contributed by atoms with Gasteiger partial charge in [0.05, 0.1) is 10.6 Å². The fraction of sp³-hybridized carbons (Fsp3) is 0.455. The number of pyridine rings is 1. The minimum absolute atomic E-state index is 0.0832. The molecule has 1 atom stereocenters. The molecule has 0 saturated heterocycles. The van der Waals surface area contributed by atoms with Crippen LogP contribution >= 0.6 is 23.4 Å². The second-order valence-corrected chi connectivity index (χ2v) is 5.06. The Bertz CT molecular complexity index is 414. The van der Waals surface area contributed by atoms with Gasteiger partial charge in [-0.1, -0.05) is 11.6 Å². The maximum atomic E-state index is 11.0. The zero-order valence-corrected chi connectivity index (χ0v) is 11.5. The molecule has 0 aliphatic heterocycles. The van der Waals surface area contributed by atoms with E-state index in [4.69, 9.17) is 16.7 Å². The first-order chi connectivity index (χ1) is 7.97. The zero-order chi connectivity index (χ0) is 13.0. The summed E-state index contributed by atoms with van der Waals surface area (Å²) >= 11 is 7.51. The molecule has 6 heteroatoms. The normalized spacial score (nSPS) is 12.2. The number of halogens is 1. The van der Waals surface area contributed by atoms with Crippen LogP contribution in [0.4, 0.5) is 5.82 Å². The number of hydrogen-bond donors (Lipinski definition) is 1. The molecule has 0 saturated carbocycles. The summed E-state index contributed by atoms with van der Waals surface area (Å²) in [5, 5.41) is 9.14. The van der Waals surface area contributed by atoms with Crippen molar-refractivity contribution in [1.29, 1.82) is 0 Å². The molecule has 94 valence electrons. The van der Waals surface area contributed by atoms with Gasteiger partial charge in [-0.3, -0.25) is 0 Å². The predicted octanol–water partition coefficient (Wildman–Crippen LogP) is 2.62. The molecule has 0 aliphatic rings.